The average molecular weight is 218 g/mol. The molecule has 3 rings (SSSR count). The molecule has 86 valence electrons. The molecule has 1 aromatic heterocycles. The summed E-state index contributed by atoms with van der Waals surface area (Å²) in [6, 6.07) is 0. The minimum atomic E-state index is 0.353. The van der Waals surface area contributed by atoms with Crippen LogP contribution in [0.3, 0.4) is 0 Å². The van der Waals surface area contributed by atoms with Crippen LogP contribution in [0.2, 0.25) is 0 Å². The van der Waals surface area contributed by atoms with E-state index >= 15 is 0 Å². The van der Waals surface area contributed by atoms with Crippen LogP contribution in [0.25, 0.3) is 0 Å². The summed E-state index contributed by atoms with van der Waals surface area (Å²) in [5.74, 6) is 0. The molecule has 0 unspecified atom stereocenters. The van der Waals surface area contributed by atoms with Crippen LogP contribution in [-0.2, 0) is 30.7 Å². The van der Waals surface area contributed by atoms with Crippen molar-refractivity contribution in [3.05, 3.63) is 28.6 Å². The molecule has 0 N–H and O–H groups in total. The van der Waals surface area contributed by atoms with Gasteiger partial charge in [0.25, 0.3) is 0 Å². The van der Waals surface area contributed by atoms with Crippen LogP contribution in [0.4, 0.5) is 0 Å². The van der Waals surface area contributed by atoms with Gasteiger partial charge in [-0.15, -0.1) is 0 Å². The lowest BCUT2D eigenvalue weighted by Gasteiger charge is -2.31. The summed E-state index contributed by atoms with van der Waals surface area (Å²) in [5.41, 5.74) is 5.59. The fourth-order valence-corrected chi connectivity index (χ4v) is 2.68. The van der Waals surface area contributed by atoms with Crippen molar-refractivity contribution in [3.8, 4) is 0 Å². The summed E-state index contributed by atoms with van der Waals surface area (Å²) in [4.78, 5) is 6.96. The van der Waals surface area contributed by atoms with Gasteiger partial charge in [0.05, 0.1) is 12.7 Å². The number of ether oxygens (including phenoxy) is 1. The van der Waals surface area contributed by atoms with Gasteiger partial charge in [-0.2, -0.15) is 0 Å². The Labute approximate surface area is 96.4 Å². The van der Waals surface area contributed by atoms with Gasteiger partial charge >= 0.3 is 0 Å². The van der Waals surface area contributed by atoms with Crippen molar-refractivity contribution in [2.24, 2.45) is 0 Å². The number of pyridine rings is 1. The van der Waals surface area contributed by atoms with E-state index in [0.717, 1.165) is 32.5 Å². The highest BCUT2D eigenvalue weighted by Gasteiger charge is 2.24. The van der Waals surface area contributed by atoms with Crippen LogP contribution in [0.1, 0.15) is 29.3 Å². The predicted octanol–water partition coefficient (Wildman–Crippen LogP) is 1.53. The first kappa shape index (κ1) is 10.2. The average Bonchev–Trinajstić information content (AvgIpc) is 2.29. The quantitative estimate of drug-likeness (QED) is 0.660. The second-order valence-electron chi connectivity index (χ2n) is 5.00. The zero-order valence-electron chi connectivity index (χ0n) is 9.99. The Kier molecular flexibility index (Phi) is 2.45. The number of aromatic nitrogens is 1. The molecule has 0 saturated carbocycles. The second kappa shape index (κ2) is 3.82. The molecule has 2 aliphatic heterocycles. The maximum Gasteiger partial charge on any atom is 0.0738 e. The fourth-order valence-electron chi connectivity index (χ4n) is 2.68. The Bertz CT molecular complexity index is 378. The van der Waals surface area contributed by atoms with Crippen molar-refractivity contribution in [3.63, 3.8) is 0 Å². The van der Waals surface area contributed by atoms with E-state index in [0.29, 0.717) is 6.10 Å². The molecule has 0 saturated heterocycles. The molecule has 0 aromatic carbocycles. The van der Waals surface area contributed by atoms with E-state index < -0.39 is 0 Å². The first-order chi connectivity index (χ1) is 7.74. The van der Waals surface area contributed by atoms with Gasteiger partial charge in [0.2, 0.25) is 0 Å². The third kappa shape index (κ3) is 1.64. The van der Waals surface area contributed by atoms with Crippen molar-refractivity contribution in [2.75, 3.05) is 13.6 Å². The van der Waals surface area contributed by atoms with E-state index in [1.165, 1.54) is 22.4 Å². The Morgan fingerprint density at radius 3 is 3.19 bits per heavy atom. The summed E-state index contributed by atoms with van der Waals surface area (Å²) < 4.78 is 5.67. The molecule has 0 aliphatic carbocycles. The topological polar surface area (TPSA) is 25.4 Å². The molecule has 0 radical (unpaired) electrons. The normalized spacial score (nSPS) is 25.0. The minimum Gasteiger partial charge on any atom is -0.373 e. The maximum atomic E-state index is 5.67. The summed E-state index contributed by atoms with van der Waals surface area (Å²) in [5, 5.41) is 0. The molecule has 16 heavy (non-hydrogen) atoms. The number of rotatable bonds is 0. The van der Waals surface area contributed by atoms with Gasteiger partial charge in [-0.3, -0.25) is 4.98 Å². The number of fused-ring (bicyclic) bond motifs is 3. The van der Waals surface area contributed by atoms with E-state index in [-0.39, 0.29) is 0 Å². The molecule has 3 heterocycles. The number of hydrogen-bond donors (Lipinski definition) is 0. The molecular formula is C13H18N2O. The third-order valence-electron chi connectivity index (χ3n) is 3.65. The van der Waals surface area contributed by atoms with E-state index in [1.54, 1.807) is 0 Å². The summed E-state index contributed by atoms with van der Waals surface area (Å²) in [6.07, 6.45) is 4.51. The molecule has 1 aromatic rings. The lowest BCUT2D eigenvalue weighted by atomic mass is 9.92. The van der Waals surface area contributed by atoms with Crippen LogP contribution in [-0.4, -0.2) is 29.6 Å². The smallest absolute Gasteiger partial charge is 0.0738 e. The van der Waals surface area contributed by atoms with Crippen molar-refractivity contribution in [2.45, 2.75) is 39.0 Å². The first-order valence-corrected chi connectivity index (χ1v) is 6.02. The number of nitrogens with zero attached hydrogens (tertiary/aromatic N) is 2. The highest BCUT2D eigenvalue weighted by atomic mass is 16.5. The van der Waals surface area contributed by atoms with Crippen LogP contribution < -0.4 is 0 Å². The molecule has 0 bridgehead atoms. The summed E-state index contributed by atoms with van der Waals surface area (Å²) in [7, 11) is 2.19. The highest BCUT2D eigenvalue weighted by Crippen LogP contribution is 2.28. The fraction of sp³-hybridized carbons (Fsp3) is 0.615. The van der Waals surface area contributed by atoms with Crippen molar-refractivity contribution < 1.29 is 4.74 Å². The van der Waals surface area contributed by atoms with Crippen LogP contribution in [0, 0.1) is 0 Å². The summed E-state index contributed by atoms with van der Waals surface area (Å²) >= 11 is 0. The standard InChI is InChI=1S/C13H18N2O/c1-9-5-11-10(8-16-9)6-14-13-3-4-15(2)7-12(11)13/h6,9H,3-5,7-8H2,1-2H3/t9-/m1/s1. The van der Waals surface area contributed by atoms with Gasteiger partial charge in [0.1, 0.15) is 0 Å². The SMILES string of the molecule is C[C@@H]1Cc2c(cnc3c2CN(C)CC3)CO1. The molecule has 0 spiro atoms. The molecule has 3 heteroatoms. The molecule has 1 atom stereocenters. The van der Waals surface area contributed by atoms with E-state index in [2.05, 4.69) is 23.9 Å². The second-order valence-corrected chi connectivity index (χ2v) is 5.00. The largest absolute Gasteiger partial charge is 0.373 e. The maximum absolute atomic E-state index is 5.67. The molecule has 2 aliphatic rings. The lowest BCUT2D eigenvalue weighted by molar-refractivity contribution is 0.0401. The Morgan fingerprint density at radius 2 is 2.31 bits per heavy atom. The third-order valence-corrected chi connectivity index (χ3v) is 3.65. The molecular weight excluding hydrogens is 200 g/mol. The van der Waals surface area contributed by atoms with Crippen molar-refractivity contribution >= 4 is 0 Å². The Balaban J connectivity index is 2.06. The van der Waals surface area contributed by atoms with Gasteiger partial charge in [-0.05, 0) is 37.1 Å². The Morgan fingerprint density at radius 1 is 1.44 bits per heavy atom. The number of hydrogen-bond acceptors (Lipinski definition) is 3. The van der Waals surface area contributed by atoms with Crippen LogP contribution in [0.15, 0.2) is 6.20 Å². The summed E-state index contributed by atoms with van der Waals surface area (Å²) in [6.45, 7) is 5.08. The zero-order valence-corrected chi connectivity index (χ0v) is 9.99. The zero-order chi connectivity index (χ0) is 11.1. The minimum absolute atomic E-state index is 0.353. The first-order valence-electron chi connectivity index (χ1n) is 6.02. The molecule has 0 amide bonds. The van der Waals surface area contributed by atoms with E-state index in [9.17, 15) is 0 Å². The predicted molar refractivity (Wildman–Crippen MR) is 62.2 cm³/mol. The van der Waals surface area contributed by atoms with E-state index in [4.69, 9.17) is 4.74 Å². The molecule has 0 fully saturated rings. The monoisotopic (exact) mass is 218 g/mol. The highest BCUT2D eigenvalue weighted by molar-refractivity contribution is 5.39. The van der Waals surface area contributed by atoms with Crippen molar-refractivity contribution in [1.82, 2.24) is 9.88 Å². The molecule has 3 nitrogen and oxygen atoms in total. The van der Waals surface area contributed by atoms with Crippen LogP contribution >= 0.6 is 0 Å². The van der Waals surface area contributed by atoms with E-state index in [1.807, 2.05) is 6.20 Å². The van der Waals surface area contributed by atoms with Crippen molar-refractivity contribution in [1.29, 1.82) is 0 Å². The lowest BCUT2D eigenvalue weighted by Crippen LogP contribution is -2.31. The van der Waals surface area contributed by atoms with Gasteiger partial charge in [0.15, 0.2) is 0 Å². The van der Waals surface area contributed by atoms with Gasteiger partial charge in [-0.1, -0.05) is 0 Å². The van der Waals surface area contributed by atoms with Gasteiger partial charge < -0.3 is 9.64 Å². The Hall–Kier alpha value is -0.930. The van der Waals surface area contributed by atoms with Gasteiger partial charge in [0, 0.05) is 31.4 Å². The number of likely N-dealkylation sites (N-methyl/N-ethyl adjacent to an activating group) is 1. The van der Waals surface area contributed by atoms with Gasteiger partial charge in [-0.25, -0.2) is 0 Å². The van der Waals surface area contributed by atoms with Crippen LogP contribution in [0.5, 0.6) is 0 Å².